The summed E-state index contributed by atoms with van der Waals surface area (Å²) < 4.78 is 40.6. The quantitative estimate of drug-likeness (QED) is 0.883. The first kappa shape index (κ1) is 15.3. The second kappa shape index (κ2) is 5.73. The Morgan fingerprint density at radius 2 is 1.81 bits per heavy atom. The zero-order valence-electron chi connectivity index (χ0n) is 11.9. The summed E-state index contributed by atoms with van der Waals surface area (Å²) in [5.41, 5.74) is 6.65. The van der Waals surface area contributed by atoms with Gasteiger partial charge in [0.1, 0.15) is 5.82 Å². The monoisotopic (exact) mass is 308 g/mol. The number of hydrogen-bond acceptors (Lipinski definition) is 3. The number of nitrogens with zero attached hydrogens (tertiary/aromatic N) is 1. The van der Waals surface area contributed by atoms with Gasteiger partial charge in [0.2, 0.25) is 0 Å². The van der Waals surface area contributed by atoms with E-state index in [4.69, 9.17) is 5.73 Å². The highest BCUT2D eigenvalue weighted by Crippen LogP contribution is 2.29. The van der Waals surface area contributed by atoms with E-state index in [9.17, 15) is 12.8 Å². The first-order valence-electron chi connectivity index (χ1n) is 6.52. The molecule has 2 aromatic rings. The summed E-state index contributed by atoms with van der Waals surface area (Å²) in [6.45, 7) is 3.42. The predicted octanol–water partition coefficient (Wildman–Crippen LogP) is 2.93. The lowest BCUT2D eigenvalue weighted by Crippen LogP contribution is -2.32. The normalized spacial score (nSPS) is 11.4. The summed E-state index contributed by atoms with van der Waals surface area (Å²) in [5, 5.41) is 0. The van der Waals surface area contributed by atoms with Crippen LogP contribution in [0.25, 0.3) is 0 Å². The number of nitrogens with two attached hydrogens (primary N) is 1. The molecule has 2 rings (SSSR count). The third kappa shape index (κ3) is 2.71. The zero-order chi connectivity index (χ0) is 15.6. The smallest absolute Gasteiger partial charge is 0.264 e. The molecule has 0 unspecified atom stereocenters. The number of halogens is 1. The van der Waals surface area contributed by atoms with Crippen LogP contribution >= 0.6 is 0 Å². The van der Waals surface area contributed by atoms with Gasteiger partial charge < -0.3 is 5.73 Å². The Morgan fingerprint density at radius 1 is 1.14 bits per heavy atom. The van der Waals surface area contributed by atoms with Crippen molar-refractivity contribution in [2.75, 3.05) is 16.6 Å². The number of para-hydroxylation sites is 1. The van der Waals surface area contributed by atoms with Crippen molar-refractivity contribution in [1.29, 1.82) is 0 Å². The van der Waals surface area contributed by atoms with E-state index >= 15 is 0 Å². The molecule has 6 heteroatoms. The molecular weight excluding hydrogens is 291 g/mol. The molecule has 0 radical (unpaired) electrons. The summed E-state index contributed by atoms with van der Waals surface area (Å²) in [7, 11) is -3.87. The lowest BCUT2D eigenvalue weighted by atomic mass is 10.2. The molecule has 0 heterocycles. The average Bonchev–Trinajstić information content (AvgIpc) is 2.44. The first-order chi connectivity index (χ1) is 9.89. The van der Waals surface area contributed by atoms with Gasteiger partial charge in [-0.25, -0.2) is 12.8 Å². The van der Waals surface area contributed by atoms with Gasteiger partial charge in [0, 0.05) is 12.2 Å². The highest BCUT2D eigenvalue weighted by atomic mass is 32.2. The van der Waals surface area contributed by atoms with Crippen LogP contribution in [0.1, 0.15) is 12.5 Å². The SMILES string of the molecule is CCN(c1ccccc1F)S(=O)(=O)c1cccc(N)c1C. The third-order valence-electron chi connectivity index (χ3n) is 3.30. The van der Waals surface area contributed by atoms with Gasteiger partial charge in [-0.15, -0.1) is 0 Å². The van der Waals surface area contributed by atoms with Gasteiger partial charge in [0.25, 0.3) is 10.0 Å². The molecule has 0 fully saturated rings. The van der Waals surface area contributed by atoms with Crippen LogP contribution in [0, 0.1) is 12.7 Å². The van der Waals surface area contributed by atoms with Gasteiger partial charge in [-0.3, -0.25) is 4.31 Å². The topological polar surface area (TPSA) is 63.4 Å². The Kier molecular flexibility index (Phi) is 4.18. The molecule has 2 N–H and O–H groups in total. The van der Waals surface area contributed by atoms with Crippen LogP contribution in [0.15, 0.2) is 47.4 Å². The molecule has 0 saturated heterocycles. The minimum Gasteiger partial charge on any atom is -0.398 e. The van der Waals surface area contributed by atoms with Gasteiger partial charge in [-0.1, -0.05) is 18.2 Å². The van der Waals surface area contributed by atoms with Crippen LogP contribution in [0.3, 0.4) is 0 Å². The highest BCUT2D eigenvalue weighted by molar-refractivity contribution is 7.92. The maximum Gasteiger partial charge on any atom is 0.264 e. The number of anilines is 2. The van der Waals surface area contributed by atoms with Crippen LogP contribution in [-0.2, 0) is 10.0 Å². The zero-order valence-corrected chi connectivity index (χ0v) is 12.7. The van der Waals surface area contributed by atoms with Gasteiger partial charge in [-0.2, -0.15) is 0 Å². The fraction of sp³-hybridized carbons (Fsp3) is 0.200. The molecular formula is C15H17FN2O2S. The van der Waals surface area contributed by atoms with E-state index in [0.717, 1.165) is 4.31 Å². The van der Waals surface area contributed by atoms with E-state index in [2.05, 4.69) is 0 Å². The second-order valence-corrected chi connectivity index (χ2v) is 6.42. The molecule has 0 saturated carbocycles. The molecule has 0 aliphatic heterocycles. The van der Waals surface area contributed by atoms with Gasteiger partial charge in [-0.05, 0) is 43.7 Å². The summed E-state index contributed by atoms with van der Waals surface area (Å²) in [5.74, 6) is -0.579. The van der Waals surface area contributed by atoms with Crippen LogP contribution in [0.4, 0.5) is 15.8 Å². The molecule has 0 aliphatic rings. The van der Waals surface area contributed by atoms with Crippen molar-refractivity contribution in [3.63, 3.8) is 0 Å². The maximum absolute atomic E-state index is 13.9. The Labute approximate surface area is 124 Å². The van der Waals surface area contributed by atoms with E-state index in [0.29, 0.717) is 11.3 Å². The minimum absolute atomic E-state index is 0.0295. The Morgan fingerprint density at radius 3 is 2.43 bits per heavy atom. The number of rotatable bonds is 4. The lowest BCUT2D eigenvalue weighted by molar-refractivity contribution is 0.586. The largest absolute Gasteiger partial charge is 0.398 e. The molecule has 0 spiro atoms. The molecule has 0 aliphatic carbocycles. The number of nitrogen functional groups attached to an aromatic ring is 1. The average molecular weight is 308 g/mol. The molecule has 0 amide bonds. The second-order valence-electron chi connectivity index (χ2n) is 4.59. The fourth-order valence-corrected chi connectivity index (χ4v) is 3.89. The van der Waals surface area contributed by atoms with Crippen LogP contribution in [-0.4, -0.2) is 15.0 Å². The van der Waals surface area contributed by atoms with Gasteiger partial charge >= 0.3 is 0 Å². The van der Waals surface area contributed by atoms with Crippen molar-refractivity contribution < 1.29 is 12.8 Å². The highest BCUT2D eigenvalue weighted by Gasteiger charge is 2.27. The number of sulfonamides is 1. The summed E-state index contributed by atoms with van der Waals surface area (Å²) in [6, 6.07) is 10.5. The summed E-state index contributed by atoms with van der Waals surface area (Å²) in [6.07, 6.45) is 0. The van der Waals surface area contributed by atoms with E-state index in [-0.39, 0.29) is 17.1 Å². The molecule has 112 valence electrons. The van der Waals surface area contributed by atoms with Crippen LogP contribution in [0.5, 0.6) is 0 Å². The Bertz CT molecular complexity index is 760. The van der Waals surface area contributed by atoms with Crippen molar-refractivity contribution in [3.8, 4) is 0 Å². The van der Waals surface area contributed by atoms with Crippen molar-refractivity contribution in [3.05, 3.63) is 53.8 Å². The van der Waals surface area contributed by atoms with Crippen molar-refractivity contribution in [1.82, 2.24) is 0 Å². The van der Waals surface area contributed by atoms with Gasteiger partial charge in [0.05, 0.1) is 10.6 Å². The first-order valence-corrected chi connectivity index (χ1v) is 7.96. The minimum atomic E-state index is -3.87. The predicted molar refractivity (Wildman–Crippen MR) is 82.2 cm³/mol. The van der Waals surface area contributed by atoms with Crippen LogP contribution in [0.2, 0.25) is 0 Å². The summed E-state index contributed by atoms with van der Waals surface area (Å²) >= 11 is 0. The number of benzene rings is 2. The van der Waals surface area contributed by atoms with Crippen molar-refractivity contribution in [2.45, 2.75) is 18.7 Å². The molecule has 0 aromatic heterocycles. The van der Waals surface area contributed by atoms with E-state index in [1.165, 1.54) is 24.3 Å². The fourth-order valence-electron chi connectivity index (χ4n) is 2.15. The maximum atomic E-state index is 13.9. The Balaban J connectivity index is 2.61. The molecule has 2 aromatic carbocycles. The molecule has 4 nitrogen and oxygen atoms in total. The number of hydrogen-bond donors (Lipinski definition) is 1. The van der Waals surface area contributed by atoms with Crippen molar-refractivity contribution >= 4 is 21.4 Å². The Hall–Kier alpha value is -2.08. The molecule has 0 atom stereocenters. The van der Waals surface area contributed by atoms with Crippen molar-refractivity contribution in [2.24, 2.45) is 0 Å². The van der Waals surface area contributed by atoms with Gasteiger partial charge in [0.15, 0.2) is 0 Å². The third-order valence-corrected chi connectivity index (χ3v) is 5.34. The molecule has 21 heavy (non-hydrogen) atoms. The summed E-state index contributed by atoms with van der Waals surface area (Å²) in [4.78, 5) is 0.0904. The molecule has 0 bridgehead atoms. The van der Waals surface area contributed by atoms with Crippen LogP contribution < -0.4 is 10.0 Å². The standard InChI is InChI=1S/C15H17FN2O2S/c1-3-18(14-9-5-4-7-12(14)16)21(19,20)15-10-6-8-13(17)11(15)2/h4-10H,3,17H2,1-2H3. The van der Waals surface area contributed by atoms with E-state index in [1.54, 1.807) is 32.0 Å². The van der Waals surface area contributed by atoms with E-state index in [1.807, 2.05) is 0 Å². The lowest BCUT2D eigenvalue weighted by Gasteiger charge is -2.24. The van der Waals surface area contributed by atoms with E-state index < -0.39 is 15.8 Å².